The van der Waals surface area contributed by atoms with Gasteiger partial charge in [-0.25, -0.2) is 0 Å². The largest absolute Gasteiger partial charge is 0.307 e. The Bertz CT molecular complexity index is 283. The van der Waals surface area contributed by atoms with Crippen LogP contribution in [0.5, 0.6) is 0 Å². The molecule has 0 aromatic heterocycles. The summed E-state index contributed by atoms with van der Waals surface area (Å²) in [6.07, 6.45) is 1.11. The topological polar surface area (TPSA) is 86.5 Å². The lowest BCUT2D eigenvalue weighted by atomic mass is 10.2. The monoisotopic (exact) mass is 207 g/mol. The Morgan fingerprint density at radius 2 is 2.23 bits per heavy atom. The van der Waals surface area contributed by atoms with Crippen molar-refractivity contribution < 1.29 is 17.4 Å². The van der Waals surface area contributed by atoms with Crippen LogP contribution >= 0.6 is 0 Å². The van der Waals surface area contributed by atoms with Gasteiger partial charge in [-0.15, -0.1) is 0 Å². The first kappa shape index (κ1) is 12.3. The average molecular weight is 207 g/mol. The molecule has 0 aromatic carbocycles. The molecule has 0 aliphatic heterocycles. The summed E-state index contributed by atoms with van der Waals surface area (Å²) < 4.78 is 26.7. The molecule has 76 valence electrons. The van der Waals surface area contributed by atoms with E-state index >= 15 is 0 Å². The number of allylic oxidation sites excluding steroid dienone is 1. The molecule has 0 bridgehead atoms. The maximum absolute atomic E-state index is 11.2. The second-order valence-corrected chi connectivity index (χ2v) is 4.07. The zero-order valence-electron chi connectivity index (χ0n) is 7.39. The first-order chi connectivity index (χ1) is 5.99. The van der Waals surface area contributed by atoms with Crippen molar-refractivity contribution in [3.05, 3.63) is 12.7 Å². The molecule has 1 atom stereocenters. The Balaban J connectivity index is 4.77. The molecule has 0 radical (unpaired) electrons. The fourth-order valence-corrected chi connectivity index (χ4v) is 2.00. The van der Waals surface area contributed by atoms with Gasteiger partial charge in [0.1, 0.15) is 12.0 Å². The van der Waals surface area contributed by atoms with Crippen LogP contribution in [0.3, 0.4) is 0 Å². The minimum atomic E-state index is -3.88. The van der Waals surface area contributed by atoms with Crippen LogP contribution in [0.1, 0.15) is 13.3 Å². The van der Waals surface area contributed by atoms with Crippen LogP contribution in [-0.4, -0.2) is 26.2 Å². The van der Waals surface area contributed by atoms with Crippen LogP contribution in [0.25, 0.3) is 0 Å². The van der Waals surface area contributed by atoms with Crippen LogP contribution in [0.2, 0.25) is 0 Å². The van der Waals surface area contributed by atoms with E-state index in [0.717, 1.165) is 6.08 Å². The molecule has 0 saturated heterocycles. The number of hydrogen-bond donors (Lipinski definition) is 1. The molecular weight excluding hydrogens is 194 g/mol. The highest BCUT2D eigenvalue weighted by Gasteiger charge is 2.29. The predicted octanol–water partition coefficient (Wildman–Crippen LogP) is -0.217. The Morgan fingerprint density at radius 3 is 2.54 bits per heavy atom. The number of carbonyl (C=O) groups excluding carboxylic acids is 1. The van der Waals surface area contributed by atoms with E-state index in [4.69, 9.17) is 5.73 Å². The third-order valence-electron chi connectivity index (χ3n) is 1.47. The smallest absolute Gasteiger partial charge is 0.279 e. The van der Waals surface area contributed by atoms with Crippen LogP contribution in [0.4, 0.5) is 0 Å². The molecular formula is C7H13NO4S. The molecule has 6 heteroatoms. The van der Waals surface area contributed by atoms with Gasteiger partial charge in [0.05, 0.1) is 0 Å². The van der Waals surface area contributed by atoms with Crippen molar-refractivity contribution in [1.82, 2.24) is 0 Å². The summed E-state index contributed by atoms with van der Waals surface area (Å²) in [4.78, 5) is 11.0. The maximum Gasteiger partial charge on any atom is 0.279 e. The first-order valence-corrected chi connectivity index (χ1v) is 5.21. The van der Waals surface area contributed by atoms with E-state index in [0.29, 0.717) is 0 Å². The minimum Gasteiger partial charge on any atom is -0.307 e. The van der Waals surface area contributed by atoms with Gasteiger partial charge in [-0.2, -0.15) is 8.42 Å². The van der Waals surface area contributed by atoms with E-state index in [1.807, 2.05) is 0 Å². The molecule has 1 unspecified atom stereocenters. The maximum atomic E-state index is 11.2. The summed E-state index contributed by atoms with van der Waals surface area (Å²) in [6, 6.07) is 0. The SMILES string of the molecule is C=CC(=O)C(CC)S(=O)(=O)OCN. The Hall–Kier alpha value is -0.720. The quantitative estimate of drug-likeness (QED) is 0.370. The highest BCUT2D eigenvalue weighted by molar-refractivity contribution is 7.88. The first-order valence-electron chi connectivity index (χ1n) is 3.74. The van der Waals surface area contributed by atoms with Gasteiger partial charge in [0, 0.05) is 0 Å². The van der Waals surface area contributed by atoms with E-state index in [9.17, 15) is 13.2 Å². The number of nitrogens with two attached hydrogens (primary N) is 1. The van der Waals surface area contributed by atoms with Crippen molar-refractivity contribution in [1.29, 1.82) is 0 Å². The van der Waals surface area contributed by atoms with Crippen molar-refractivity contribution in [3.63, 3.8) is 0 Å². The summed E-state index contributed by atoms with van der Waals surface area (Å²) in [6.45, 7) is 4.32. The molecule has 2 N–H and O–H groups in total. The van der Waals surface area contributed by atoms with Gasteiger partial charge in [0.15, 0.2) is 5.78 Å². The molecule has 0 aliphatic carbocycles. The molecule has 0 aliphatic rings. The Morgan fingerprint density at radius 1 is 1.69 bits per heavy atom. The lowest BCUT2D eigenvalue weighted by Crippen LogP contribution is -2.31. The van der Waals surface area contributed by atoms with E-state index in [-0.39, 0.29) is 6.42 Å². The second kappa shape index (κ2) is 5.11. The Kier molecular flexibility index (Phi) is 4.82. The third kappa shape index (κ3) is 3.25. The van der Waals surface area contributed by atoms with Gasteiger partial charge in [0.2, 0.25) is 0 Å². The lowest BCUT2D eigenvalue weighted by molar-refractivity contribution is -0.114. The van der Waals surface area contributed by atoms with Crippen LogP contribution < -0.4 is 5.73 Å². The lowest BCUT2D eigenvalue weighted by Gasteiger charge is -2.11. The standard InChI is InChI=1S/C7H13NO4S/c1-3-6(9)7(4-2)13(10,11)12-5-8/h3,7H,1,4-5,8H2,2H3. The molecule has 0 heterocycles. The van der Waals surface area contributed by atoms with Crippen LogP contribution in [-0.2, 0) is 19.1 Å². The molecule has 0 aromatic rings. The molecule has 0 rings (SSSR count). The molecule has 0 saturated carbocycles. The zero-order valence-corrected chi connectivity index (χ0v) is 8.21. The fourth-order valence-electron chi connectivity index (χ4n) is 0.856. The van der Waals surface area contributed by atoms with Crippen molar-refractivity contribution in [2.24, 2.45) is 5.73 Å². The van der Waals surface area contributed by atoms with Crippen molar-refractivity contribution in [3.8, 4) is 0 Å². The van der Waals surface area contributed by atoms with Crippen LogP contribution in [0.15, 0.2) is 12.7 Å². The van der Waals surface area contributed by atoms with Crippen LogP contribution in [0, 0.1) is 0 Å². The highest BCUT2D eigenvalue weighted by Crippen LogP contribution is 2.09. The van der Waals surface area contributed by atoms with Crippen molar-refractivity contribution in [2.75, 3.05) is 6.73 Å². The van der Waals surface area contributed by atoms with Gasteiger partial charge in [0.25, 0.3) is 10.1 Å². The number of carbonyl (C=O) groups is 1. The summed E-state index contributed by atoms with van der Waals surface area (Å²) in [5.41, 5.74) is 4.91. The highest BCUT2D eigenvalue weighted by atomic mass is 32.2. The van der Waals surface area contributed by atoms with Crippen molar-refractivity contribution >= 4 is 15.9 Å². The molecule has 0 amide bonds. The van der Waals surface area contributed by atoms with Gasteiger partial charge in [-0.3, -0.25) is 8.98 Å². The molecule has 13 heavy (non-hydrogen) atoms. The van der Waals surface area contributed by atoms with Gasteiger partial charge in [-0.1, -0.05) is 13.5 Å². The average Bonchev–Trinajstić information content (AvgIpc) is 2.04. The zero-order chi connectivity index (χ0) is 10.5. The van der Waals surface area contributed by atoms with Gasteiger partial charge >= 0.3 is 0 Å². The molecule has 0 spiro atoms. The van der Waals surface area contributed by atoms with E-state index in [1.54, 1.807) is 6.92 Å². The van der Waals surface area contributed by atoms with E-state index < -0.39 is 27.9 Å². The van der Waals surface area contributed by atoms with E-state index in [1.165, 1.54) is 0 Å². The number of hydrogen-bond acceptors (Lipinski definition) is 5. The summed E-state index contributed by atoms with van der Waals surface area (Å²) in [7, 11) is -3.88. The van der Waals surface area contributed by atoms with Crippen molar-refractivity contribution in [2.45, 2.75) is 18.6 Å². The second-order valence-electron chi connectivity index (χ2n) is 2.28. The minimum absolute atomic E-state index is 0.146. The van der Waals surface area contributed by atoms with Gasteiger partial charge in [-0.05, 0) is 12.5 Å². The summed E-state index contributed by atoms with van der Waals surface area (Å²) >= 11 is 0. The molecule has 5 nitrogen and oxygen atoms in total. The predicted molar refractivity (Wildman–Crippen MR) is 48.3 cm³/mol. The number of ketones is 1. The van der Waals surface area contributed by atoms with E-state index in [2.05, 4.69) is 10.8 Å². The van der Waals surface area contributed by atoms with Gasteiger partial charge < -0.3 is 5.73 Å². The summed E-state index contributed by atoms with van der Waals surface area (Å²) in [5.74, 6) is -0.573. The summed E-state index contributed by atoms with van der Waals surface area (Å²) in [5, 5.41) is -1.19. The third-order valence-corrected chi connectivity index (χ3v) is 3.20. The molecule has 0 fully saturated rings. The normalized spacial score (nSPS) is 13.7. The fraction of sp³-hybridized carbons (Fsp3) is 0.571. The Labute approximate surface area is 77.7 Å². The number of rotatable bonds is 6.